The molecule has 0 unspecified atom stereocenters. The molecule has 3 heteroatoms. The third-order valence-electron chi connectivity index (χ3n) is 1.69. The van der Waals surface area contributed by atoms with E-state index in [1.165, 1.54) is 11.1 Å². The summed E-state index contributed by atoms with van der Waals surface area (Å²) in [6.07, 6.45) is 7.15. The average Bonchev–Trinajstić information content (AvgIpc) is 2.21. The van der Waals surface area contributed by atoms with Crippen LogP contribution in [-0.4, -0.2) is 39.5 Å². The van der Waals surface area contributed by atoms with Crippen LogP contribution < -0.4 is 0 Å². The number of pyridine rings is 2. The molecule has 0 N–H and O–H groups in total. The van der Waals surface area contributed by atoms with E-state index in [9.17, 15) is 0 Å². The van der Waals surface area contributed by atoms with Gasteiger partial charge in [-0.05, 0) is 35.4 Å². The fourth-order valence-corrected chi connectivity index (χ4v) is 1.09. The fourth-order valence-electron chi connectivity index (χ4n) is 1.09. The summed E-state index contributed by atoms with van der Waals surface area (Å²) in [5.41, 5.74) is 2.35. The van der Waals surface area contributed by atoms with E-state index in [-0.39, 0.29) is 29.6 Å². The van der Waals surface area contributed by atoms with Crippen LogP contribution in [-0.2, 0) is 0 Å². The van der Waals surface area contributed by atoms with Gasteiger partial charge in [0.25, 0.3) is 0 Å². The van der Waals surface area contributed by atoms with Crippen molar-refractivity contribution in [2.45, 2.75) is 0 Å². The summed E-state index contributed by atoms with van der Waals surface area (Å²) in [5.74, 6) is 0. The predicted octanol–water partition coefficient (Wildman–Crippen LogP) is 1.76. The third kappa shape index (κ3) is 2.62. The number of nitrogens with zero attached hydrogens (tertiary/aromatic N) is 2. The van der Waals surface area contributed by atoms with Gasteiger partial charge in [-0.25, -0.2) is 0 Å². The van der Waals surface area contributed by atoms with E-state index >= 15 is 0 Å². The minimum Gasteiger partial charge on any atom is -0.265 e. The first-order valence-corrected chi connectivity index (χ1v) is 3.77. The Morgan fingerprint density at radius 1 is 0.615 bits per heavy atom. The SMILES string of the molecule is [Na].c1cc(-c2ccncc2)ccn1. The van der Waals surface area contributed by atoms with Gasteiger partial charge in [-0.15, -0.1) is 0 Å². The predicted molar refractivity (Wildman–Crippen MR) is 53.2 cm³/mol. The first-order chi connectivity index (χ1) is 5.97. The summed E-state index contributed by atoms with van der Waals surface area (Å²) in [6.45, 7) is 0. The van der Waals surface area contributed by atoms with Crippen molar-refractivity contribution in [3.05, 3.63) is 49.1 Å². The Bertz CT molecular complexity index is 310. The quantitative estimate of drug-likeness (QED) is 0.623. The number of rotatable bonds is 1. The molecular weight excluding hydrogens is 171 g/mol. The summed E-state index contributed by atoms with van der Waals surface area (Å²) in [7, 11) is 0. The van der Waals surface area contributed by atoms with Crippen LogP contribution >= 0.6 is 0 Å². The van der Waals surface area contributed by atoms with Gasteiger partial charge in [0, 0.05) is 54.3 Å². The van der Waals surface area contributed by atoms with Gasteiger partial charge >= 0.3 is 0 Å². The molecule has 0 aliphatic heterocycles. The minimum atomic E-state index is 0. The zero-order valence-corrected chi connectivity index (χ0v) is 9.51. The Labute approximate surface area is 99.3 Å². The monoisotopic (exact) mass is 179 g/mol. The van der Waals surface area contributed by atoms with Crippen LogP contribution in [0.2, 0.25) is 0 Å². The fraction of sp³-hybridized carbons (Fsp3) is 0. The molecule has 13 heavy (non-hydrogen) atoms. The topological polar surface area (TPSA) is 25.8 Å². The van der Waals surface area contributed by atoms with Crippen LogP contribution in [0.1, 0.15) is 0 Å². The Morgan fingerprint density at radius 3 is 1.23 bits per heavy atom. The second-order valence-corrected chi connectivity index (χ2v) is 2.47. The van der Waals surface area contributed by atoms with Crippen molar-refractivity contribution < 1.29 is 0 Å². The molecule has 59 valence electrons. The molecule has 0 saturated carbocycles. The molecule has 0 aliphatic carbocycles. The normalized spacial score (nSPS) is 8.92. The Morgan fingerprint density at radius 2 is 0.923 bits per heavy atom. The molecule has 0 atom stereocenters. The van der Waals surface area contributed by atoms with E-state index in [2.05, 4.69) is 9.97 Å². The molecule has 0 spiro atoms. The van der Waals surface area contributed by atoms with Crippen LogP contribution in [0.15, 0.2) is 49.1 Å². The van der Waals surface area contributed by atoms with Crippen LogP contribution in [0.3, 0.4) is 0 Å². The van der Waals surface area contributed by atoms with E-state index < -0.39 is 0 Å². The molecule has 0 fully saturated rings. The van der Waals surface area contributed by atoms with Gasteiger partial charge in [-0.3, -0.25) is 9.97 Å². The number of hydrogen-bond acceptors (Lipinski definition) is 2. The van der Waals surface area contributed by atoms with E-state index in [1.54, 1.807) is 24.8 Å². The van der Waals surface area contributed by atoms with Gasteiger partial charge in [-0.1, -0.05) is 0 Å². The summed E-state index contributed by atoms with van der Waals surface area (Å²) in [5, 5.41) is 0. The van der Waals surface area contributed by atoms with Crippen molar-refractivity contribution in [1.82, 2.24) is 9.97 Å². The van der Waals surface area contributed by atoms with Crippen molar-refractivity contribution in [2.75, 3.05) is 0 Å². The zero-order valence-electron chi connectivity index (χ0n) is 7.51. The van der Waals surface area contributed by atoms with Gasteiger partial charge in [0.2, 0.25) is 0 Å². The second kappa shape index (κ2) is 5.12. The standard InChI is InChI=1S/C10H8N2.Na/c1-5-11-6-2-9(1)10-3-7-12-8-4-10;/h1-8H;. The first-order valence-electron chi connectivity index (χ1n) is 3.77. The first kappa shape index (κ1) is 10.4. The Kier molecular flexibility index (Phi) is 4.09. The zero-order chi connectivity index (χ0) is 8.23. The summed E-state index contributed by atoms with van der Waals surface area (Å²) in [6, 6.07) is 7.93. The van der Waals surface area contributed by atoms with Gasteiger partial charge < -0.3 is 0 Å². The van der Waals surface area contributed by atoms with Crippen molar-refractivity contribution >= 4 is 29.6 Å². The van der Waals surface area contributed by atoms with Crippen molar-refractivity contribution in [1.29, 1.82) is 0 Å². The minimum absolute atomic E-state index is 0. The smallest absolute Gasteiger partial charge is 0.0273 e. The van der Waals surface area contributed by atoms with Crippen molar-refractivity contribution in [2.24, 2.45) is 0 Å². The molecule has 0 aromatic carbocycles. The molecule has 0 amide bonds. The number of hydrogen-bond donors (Lipinski definition) is 0. The van der Waals surface area contributed by atoms with Gasteiger partial charge in [0.05, 0.1) is 0 Å². The van der Waals surface area contributed by atoms with Crippen LogP contribution in [0.4, 0.5) is 0 Å². The molecule has 2 aromatic rings. The van der Waals surface area contributed by atoms with Crippen LogP contribution in [0.25, 0.3) is 11.1 Å². The van der Waals surface area contributed by atoms with Crippen LogP contribution in [0, 0.1) is 0 Å². The molecule has 2 aromatic heterocycles. The molecule has 1 radical (unpaired) electrons. The maximum Gasteiger partial charge on any atom is 0.0273 e. The van der Waals surface area contributed by atoms with E-state index in [0.717, 1.165) is 0 Å². The maximum absolute atomic E-state index is 3.96. The molecule has 0 saturated heterocycles. The van der Waals surface area contributed by atoms with Gasteiger partial charge in [0.1, 0.15) is 0 Å². The largest absolute Gasteiger partial charge is 0.265 e. The molecule has 2 rings (SSSR count). The van der Waals surface area contributed by atoms with Crippen molar-refractivity contribution in [3.63, 3.8) is 0 Å². The average molecular weight is 179 g/mol. The number of aromatic nitrogens is 2. The third-order valence-corrected chi connectivity index (χ3v) is 1.69. The van der Waals surface area contributed by atoms with E-state index in [4.69, 9.17) is 0 Å². The van der Waals surface area contributed by atoms with E-state index in [1.807, 2.05) is 24.3 Å². The van der Waals surface area contributed by atoms with Crippen molar-refractivity contribution in [3.8, 4) is 11.1 Å². The van der Waals surface area contributed by atoms with Gasteiger partial charge in [-0.2, -0.15) is 0 Å². The second-order valence-electron chi connectivity index (χ2n) is 2.47. The summed E-state index contributed by atoms with van der Waals surface area (Å²) in [4.78, 5) is 7.91. The Balaban J connectivity index is 0.000000845. The molecule has 0 aliphatic rings. The molecule has 2 heterocycles. The maximum atomic E-state index is 3.96. The molecular formula is C10H8N2Na. The Hall–Kier alpha value is -0.700. The van der Waals surface area contributed by atoms with E-state index in [0.29, 0.717) is 0 Å². The van der Waals surface area contributed by atoms with Crippen LogP contribution in [0.5, 0.6) is 0 Å². The molecule has 0 bridgehead atoms. The van der Waals surface area contributed by atoms with Gasteiger partial charge in [0.15, 0.2) is 0 Å². The summed E-state index contributed by atoms with van der Waals surface area (Å²) >= 11 is 0. The summed E-state index contributed by atoms with van der Waals surface area (Å²) < 4.78 is 0. The molecule has 2 nitrogen and oxygen atoms in total.